The van der Waals surface area contributed by atoms with Crippen molar-refractivity contribution in [3.63, 3.8) is 0 Å². The Morgan fingerprint density at radius 3 is 2.92 bits per heavy atom. The first-order valence-electron chi connectivity index (χ1n) is 7.35. The quantitative estimate of drug-likeness (QED) is 0.564. The number of pyridine rings is 1. The summed E-state index contributed by atoms with van der Waals surface area (Å²) in [6, 6.07) is 15.8. The van der Waals surface area contributed by atoms with Gasteiger partial charge in [-0.05, 0) is 41.3 Å². The van der Waals surface area contributed by atoms with Crippen molar-refractivity contribution in [2.24, 2.45) is 0 Å². The summed E-state index contributed by atoms with van der Waals surface area (Å²) in [5, 5.41) is 5.72. The van der Waals surface area contributed by atoms with Gasteiger partial charge in [0.2, 0.25) is 0 Å². The molecule has 0 saturated carbocycles. The molecule has 6 heteroatoms. The molecule has 24 heavy (non-hydrogen) atoms. The monoisotopic (exact) mass is 418 g/mol. The van der Waals surface area contributed by atoms with Gasteiger partial charge >= 0.3 is 0 Å². The third-order valence-corrected chi connectivity index (χ3v) is 5.73. The number of nitrogens with one attached hydrogen (secondary N) is 1. The molecule has 2 heterocycles. The largest absolute Gasteiger partial charge is 0.347 e. The fourth-order valence-electron chi connectivity index (χ4n) is 2.13. The van der Waals surface area contributed by atoms with Crippen molar-refractivity contribution in [2.45, 2.75) is 17.3 Å². The molecular weight excluding hydrogens is 404 g/mol. The van der Waals surface area contributed by atoms with Crippen LogP contribution in [-0.4, -0.2) is 10.9 Å². The predicted octanol–water partition coefficient (Wildman–Crippen LogP) is 5.13. The van der Waals surface area contributed by atoms with Crippen molar-refractivity contribution >= 4 is 44.9 Å². The number of rotatable bonds is 6. The number of thioether (sulfide) groups is 1. The second-order valence-corrected chi connectivity index (χ2v) is 7.95. The lowest BCUT2D eigenvalue weighted by atomic mass is 10.2. The van der Waals surface area contributed by atoms with Gasteiger partial charge in [-0.15, -0.1) is 23.1 Å². The summed E-state index contributed by atoms with van der Waals surface area (Å²) in [6.45, 7) is 0.543. The summed E-state index contributed by atoms with van der Waals surface area (Å²) >= 11 is 6.68. The van der Waals surface area contributed by atoms with Gasteiger partial charge in [-0.3, -0.25) is 4.79 Å². The van der Waals surface area contributed by atoms with Crippen LogP contribution in [0.3, 0.4) is 0 Å². The van der Waals surface area contributed by atoms with E-state index in [1.165, 1.54) is 5.56 Å². The number of thiophene rings is 1. The number of hydrogen-bond donors (Lipinski definition) is 1. The number of nitrogens with zero attached hydrogens (tertiary/aromatic N) is 1. The molecule has 0 fully saturated rings. The molecule has 0 radical (unpaired) electrons. The molecular formula is C18H15BrN2OS2. The molecule has 0 bridgehead atoms. The maximum atomic E-state index is 12.5. The normalized spacial score (nSPS) is 10.5. The Morgan fingerprint density at radius 1 is 1.21 bits per heavy atom. The zero-order valence-electron chi connectivity index (χ0n) is 12.7. The van der Waals surface area contributed by atoms with Crippen LogP contribution in [0.25, 0.3) is 0 Å². The molecule has 3 nitrogen and oxygen atoms in total. The summed E-state index contributed by atoms with van der Waals surface area (Å²) < 4.78 is 1.05. The van der Waals surface area contributed by atoms with Gasteiger partial charge in [0.15, 0.2) is 0 Å². The highest BCUT2D eigenvalue weighted by molar-refractivity contribution is 9.10. The van der Waals surface area contributed by atoms with Crippen LogP contribution >= 0.6 is 39.0 Å². The smallest absolute Gasteiger partial charge is 0.254 e. The van der Waals surface area contributed by atoms with E-state index in [9.17, 15) is 4.79 Å². The molecule has 3 aromatic rings. The SMILES string of the molecule is O=C(NCc1cccs1)c1cccnc1SCc1cccc(Br)c1. The van der Waals surface area contributed by atoms with E-state index in [1.54, 1.807) is 35.4 Å². The van der Waals surface area contributed by atoms with E-state index in [2.05, 4.69) is 38.4 Å². The number of hydrogen-bond acceptors (Lipinski definition) is 4. The van der Waals surface area contributed by atoms with Crippen LogP contribution in [0.4, 0.5) is 0 Å². The summed E-state index contributed by atoms with van der Waals surface area (Å²) in [4.78, 5) is 18.0. The van der Waals surface area contributed by atoms with Gasteiger partial charge in [-0.25, -0.2) is 4.98 Å². The Labute approximate surface area is 157 Å². The molecule has 3 rings (SSSR count). The van der Waals surface area contributed by atoms with Gasteiger partial charge in [-0.1, -0.05) is 34.1 Å². The number of amides is 1. The molecule has 1 N–H and O–H groups in total. The highest BCUT2D eigenvalue weighted by Crippen LogP contribution is 2.25. The number of halogens is 1. The lowest BCUT2D eigenvalue weighted by molar-refractivity contribution is 0.0947. The second kappa shape index (κ2) is 8.46. The van der Waals surface area contributed by atoms with Gasteiger partial charge in [0, 0.05) is 21.3 Å². The third kappa shape index (κ3) is 4.69. The third-order valence-electron chi connectivity index (χ3n) is 3.28. The van der Waals surface area contributed by atoms with Crippen molar-refractivity contribution in [3.8, 4) is 0 Å². The Bertz CT molecular complexity index is 821. The fourth-order valence-corrected chi connectivity index (χ4v) is 4.16. The minimum absolute atomic E-state index is 0.0896. The first kappa shape index (κ1) is 17.2. The minimum Gasteiger partial charge on any atom is -0.347 e. The fraction of sp³-hybridized carbons (Fsp3) is 0.111. The minimum atomic E-state index is -0.0896. The average Bonchev–Trinajstić information content (AvgIpc) is 3.12. The first-order valence-corrected chi connectivity index (χ1v) is 10.0. The van der Waals surface area contributed by atoms with Crippen LogP contribution < -0.4 is 5.32 Å². The summed E-state index contributed by atoms with van der Waals surface area (Å²) in [5.74, 6) is 0.676. The standard InChI is InChI=1S/C18H15BrN2OS2/c19-14-5-1-4-13(10-14)12-24-18-16(7-2-8-20-18)17(22)21-11-15-6-3-9-23-15/h1-10H,11-12H2,(H,21,22). The molecule has 1 aromatic carbocycles. The van der Waals surface area contributed by atoms with Crippen LogP contribution in [0.15, 0.2) is 69.6 Å². The van der Waals surface area contributed by atoms with E-state index >= 15 is 0 Å². The highest BCUT2D eigenvalue weighted by Gasteiger charge is 2.13. The maximum absolute atomic E-state index is 12.5. The Balaban J connectivity index is 1.67. The Kier molecular flexibility index (Phi) is 6.07. The van der Waals surface area contributed by atoms with Gasteiger partial charge in [0.1, 0.15) is 5.03 Å². The first-order chi connectivity index (χ1) is 11.7. The Hall–Kier alpha value is -1.63. The van der Waals surface area contributed by atoms with Gasteiger partial charge < -0.3 is 5.32 Å². The Morgan fingerprint density at radius 2 is 2.12 bits per heavy atom. The van der Waals surface area contributed by atoms with Crippen LogP contribution in [0.1, 0.15) is 20.8 Å². The summed E-state index contributed by atoms with van der Waals surface area (Å²) in [5.41, 5.74) is 1.80. The van der Waals surface area contributed by atoms with E-state index < -0.39 is 0 Å². The van der Waals surface area contributed by atoms with Crippen molar-refractivity contribution in [1.29, 1.82) is 0 Å². The number of carbonyl (C=O) groups is 1. The zero-order chi connectivity index (χ0) is 16.8. The van der Waals surface area contributed by atoms with Crippen molar-refractivity contribution in [2.75, 3.05) is 0 Å². The van der Waals surface area contributed by atoms with E-state index in [-0.39, 0.29) is 5.91 Å². The van der Waals surface area contributed by atoms with Crippen molar-refractivity contribution in [3.05, 3.63) is 80.6 Å². The van der Waals surface area contributed by atoms with Gasteiger partial charge in [-0.2, -0.15) is 0 Å². The summed E-state index contributed by atoms with van der Waals surface area (Å²) in [6.07, 6.45) is 1.72. The van der Waals surface area contributed by atoms with E-state index in [0.29, 0.717) is 12.1 Å². The molecule has 0 aliphatic heterocycles. The molecule has 122 valence electrons. The van der Waals surface area contributed by atoms with Gasteiger partial charge in [0.05, 0.1) is 12.1 Å². The lowest BCUT2D eigenvalue weighted by Crippen LogP contribution is -2.23. The molecule has 0 atom stereocenters. The highest BCUT2D eigenvalue weighted by atomic mass is 79.9. The molecule has 0 saturated heterocycles. The summed E-state index contributed by atoms with van der Waals surface area (Å²) in [7, 11) is 0. The van der Waals surface area contributed by atoms with E-state index in [0.717, 1.165) is 20.1 Å². The zero-order valence-corrected chi connectivity index (χ0v) is 16.0. The molecule has 0 aliphatic rings. The number of carbonyl (C=O) groups excluding carboxylic acids is 1. The molecule has 0 spiro atoms. The van der Waals surface area contributed by atoms with Crippen LogP contribution in [0, 0.1) is 0 Å². The second-order valence-electron chi connectivity index (χ2n) is 5.04. The number of benzene rings is 1. The van der Waals surface area contributed by atoms with Crippen LogP contribution in [0.5, 0.6) is 0 Å². The van der Waals surface area contributed by atoms with Gasteiger partial charge in [0.25, 0.3) is 5.91 Å². The van der Waals surface area contributed by atoms with Crippen molar-refractivity contribution < 1.29 is 4.79 Å². The molecule has 2 aromatic heterocycles. The van der Waals surface area contributed by atoms with E-state index in [4.69, 9.17) is 0 Å². The maximum Gasteiger partial charge on any atom is 0.254 e. The van der Waals surface area contributed by atoms with Crippen LogP contribution in [-0.2, 0) is 12.3 Å². The lowest BCUT2D eigenvalue weighted by Gasteiger charge is -2.09. The molecule has 0 unspecified atom stereocenters. The van der Waals surface area contributed by atoms with Crippen LogP contribution in [0.2, 0.25) is 0 Å². The van der Waals surface area contributed by atoms with Crippen molar-refractivity contribution in [1.82, 2.24) is 10.3 Å². The van der Waals surface area contributed by atoms with E-state index in [1.807, 2.05) is 35.7 Å². The average molecular weight is 419 g/mol. The topological polar surface area (TPSA) is 42.0 Å². The number of aromatic nitrogens is 1. The molecule has 0 aliphatic carbocycles. The molecule has 1 amide bonds. The predicted molar refractivity (Wildman–Crippen MR) is 103 cm³/mol.